The van der Waals surface area contributed by atoms with Gasteiger partial charge in [0.15, 0.2) is 6.10 Å². The number of hydrogen-bond donors (Lipinski definition) is 1. The molecule has 0 saturated heterocycles. The van der Waals surface area contributed by atoms with Crippen molar-refractivity contribution in [2.24, 2.45) is 0 Å². The molecule has 27 heavy (non-hydrogen) atoms. The maximum atomic E-state index is 12.9. The van der Waals surface area contributed by atoms with Gasteiger partial charge in [0, 0.05) is 5.69 Å². The Morgan fingerprint density at radius 3 is 1.96 bits per heavy atom. The number of anilines is 1. The van der Waals surface area contributed by atoms with Crippen LogP contribution in [0.2, 0.25) is 0 Å². The summed E-state index contributed by atoms with van der Waals surface area (Å²) in [5.74, 6) is 0.637. The maximum absolute atomic E-state index is 12.9. The Morgan fingerprint density at radius 1 is 0.963 bits per heavy atom. The third-order valence-corrected chi connectivity index (χ3v) is 4.91. The van der Waals surface area contributed by atoms with E-state index in [4.69, 9.17) is 4.74 Å². The molecule has 0 radical (unpaired) electrons. The number of para-hydroxylation sites is 1. The van der Waals surface area contributed by atoms with Gasteiger partial charge in [-0.1, -0.05) is 71.9 Å². The van der Waals surface area contributed by atoms with Gasteiger partial charge in [-0.3, -0.25) is 4.79 Å². The van der Waals surface area contributed by atoms with Crippen LogP contribution in [0, 0.1) is 0 Å². The van der Waals surface area contributed by atoms with Crippen LogP contribution in [0.15, 0.2) is 42.5 Å². The largest absolute Gasteiger partial charge is 0.481 e. The smallest absolute Gasteiger partial charge is 0.265 e. The first-order valence-electron chi connectivity index (χ1n) is 9.98. The minimum Gasteiger partial charge on any atom is -0.481 e. The number of ether oxygens (including phenoxy) is 1. The van der Waals surface area contributed by atoms with Gasteiger partial charge >= 0.3 is 0 Å². The standard InChI is InChI=1S/C24H33NO2/c1-7-17-11-10-12-18(8-2)22(17)25-23(26)21(9-3)27-20-15-13-19(14-16-20)24(4,5)6/h10-16,21H,7-9H2,1-6H3,(H,25,26). The summed E-state index contributed by atoms with van der Waals surface area (Å²) in [7, 11) is 0. The zero-order valence-electron chi connectivity index (χ0n) is 17.6. The van der Waals surface area contributed by atoms with Crippen molar-refractivity contribution in [3.8, 4) is 5.75 Å². The number of carbonyl (C=O) groups is 1. The highest BCUT2D eigenvalue weighted by atomic mass is 16.5. The van der Waals surface area contributed by atoms with E-state index in [1.165, 1.54) is 5.56 Å². The third-order valence-electron chi connectivity index (χ3n) is 4.91. The lowest BCUT2D eigenvalue weighted by Crippen LogP contribution is -2.33. The first kappa shape index (κ1) is 21.0. The molecular formula is C24H33NO2. The van der Waals surface area contributed by atoms with Crippen molar-refractivity contribution in [2.75, 3.05) is 5.32 Å². The number of carbonyl (C=O) groups excluding carboxylic acids is 1. The molecule has 2 aromatic carbocycles. The normalized spacial score (nSPS) is 12.5. The van der Waals surface area contributed by atoms with Crippen molar-refractivity contribution in [1.29, 1.82) is 0 Å². The molecule has 1 unspecified atom stereocenters. The van der Waals surface area contributed by atoms with Gasteiger partial charge in [0.2, 0.25) is 0 Å². The molecular weight excluding hydrogens is 334 g/mol. The summed E-state index contributed by atoms with van der Waals surface area (Å²) in [6.07, 6.45) is 1.87. The number of aryl methyl sites for hydroxylation is 2. The van der Waals surface area contributed by atoms with Crippen LogP contribution in [0.1, 0.15) is 64.7 Å². The summed E-state index contributed by atoms with van der Waals surface area (Å²) < 4.78 is 6.00. The van der Waals surface area contributed by atoms with Gasteiger partial charge in [-0.15, -0.1) is 0 Å². The highest BCUT2D eigenvalue weighted by Crippen LogP contribution is 2.26. The van der Waals surface area contributed by atoms with E-state index in [0.29, 0.717) is 6.42 Å². The van der Waals surface area contributed by atoms with Gasteiger partial charge in [-0.25, -0.2) is 0 Å². The lowest BCUT2D eigenvalue weighted by atomic mass is 9.87. The molecule has 0 heterocycles. The van der Waals surface area contributed by atoms with Crippen LogP contribution in [-0.2, 0) is 23.1 Å². The summed E-state index contributed by atoms with van der Waals surface area (Å²) in [6, 6.07) is 14.2. The van der Waals surface area contributed by atoms with Crippen molar-refractivity contribution in [3.63, 3.8) is 0 Å². The molecule has 0 aliphatic rings. The number of rotatable bonds is 7. The molecule has 1 atom stereocenters. The predicted octanol–water partition coefficient (Wildman–Crippen LogP) is 5.91. The highest BCUT2D eigenvalue weighted by molar-refractivity contribution is 5.95. The Morgan fingerprint density at radius 2 is 1.52 bits per heavy atom. The second kappa shape index (κ2) is 9.07. The van der Waals surface area contributed by atoms with Crippen LogP contribution < -0.4 is 10.1 Å². The molecule has 3 heteroatoms. The van der Waals surface area contributed by atoms with Crippen LogP contribution in [-0.4, -0.2) is 12.0 Å². The number of hydrogen-bond acceptors (Lipinski definition) is 2. The second-order valence-electron chi connectivity index (χ2n) is 7.94. The molecule has 0 saturated carbocycles. The van der Waals surface area contributed by atoms with Gasteiger partial charge < -0.3 is 10.1 Å². The van der Waals surface area contributed by atoms with Gasteiger partial charge in [0.05, 0.1) is 0 Å². The van der Waals surface area contributed by atoms with E-state index in [2.05, 4.69) is 70.3 Å². The van der Waals surface area contributed by atoms with E-state index in [-0.39, 0.29) is 11.3 Å². The maximum Gasteiger partial charge on any atom is 0.265 e. The van der Waals surface area contributed by atoms with E-state index in [9.17, 15) is 4.79 Å². The molecule has 1 N–H and O–H groups in total. The molecule has 0 aliphatic heterocycles. The molecule has 0 spiro atoms. The molecule has 2 rings (SSSR count). The minimum absolute atomic E-state index is 0.0898. The first-order valence-corrected chi connectivity index (χ1v) is 9.98. The van der Waals surface area contributed by atoms with E-state index < -0.39 is 6.10 Å². The SMILES string of the molecule is CCc1cccc(CC)c1NC(=O)C(CC)Oc1ccc(C(C)(C)C)cc1. The molecule has 0 bridgehead atoms. The monoisotopic (exact) mass is 367 g/mol. The molecule has 2 aromatic rings. The van der Waals surface area contributed by atoms with Crippen molar-refractivity contribution in [2.45, 2.75) is 72.3 Å². The van der Waals surface area contributed by atoms with Crippen molar-refractivity contribution in [1.82, 2.24) is 0 Å². The van der Waals surface area contributed by atoms with Crippen molar-refractivity contribution >= 4 is 11.6 Å². The van der Waals surface area contributed by atoms with Gasteiger partial charge in [-0.2, -0.15) is 0 Å². The van der Waals surface area contributed by atoms with Crippen molar-refractivity contribution in [3.05, 3.63) is 59.2 Å². The van der Waals surface area contributed by atoms with Gasteiger partial charge in [0.1, 0.15) is 5.75 Å². The quantitative estimate of drug-likeness (QED) is 0.661. The Kier molecular flexibility index (Phi) is 7.06. The topological polar surface area (TPSA) is 38.3 Å². The average Bonchev–Trinajstić information content (AvgIpc) is 2.65. The Labute approximate surface area is 164 Å². The van der Waals surface area contributed by atoms with Crippen LogP contribution in [0.3, 0.4) is 0 Å². The first-order chi connectivity index (χ1) is 12.8. The fourth-order valence-corrected chi connectivity index (χ4v) is 3.13. The number of amides is 1. The summed E-state index contributed by atoms with van der Waals surface area (Å²) >= 11 is 0. The molecule has 1 amide bonds. The lowest BCUT2D eigenvalue weighted by Gasteiger charge is -2.22. The Bertz CT molecular complexity index is 735. The lowest BCUT2D eigenvalue weighted by molar-refractivity contribution is -0.122. The summed E-state index contributed by atoms with van der Waals surface area (Å²) in [6.45, 7) is 12.7. The van der Waals surface area contributed by atoms with Gasteiger partial charge in [0.25, 0.3) is 5.91 Å². The molecule has 0 aromatic heterocycles. The van der Waals surface area contributed by atoms with E-state index in [1.807, 2.05) is 19.1 Å². The van der Waals surface area contributed by atoms with Crippen LogP contribution in [0.5, 0.6) is 5.75 Å². The van der Waals surface area contributed by atoms with Crippen LogP contribution in [0.4, 0.5) is 5.69 Å². The highest BCUT2D eigenvalue weighted by Gasteiger charge is 2.21. The predicted molar refractivity (Wildman–Crippen MR) is 114 cm³/mol. The van der Waals surface area contributed by atoms with Crippen LogP contribution >= 0.6 is 0 Å². The number of nitrogens with one attached hydrogen (secondary N) is 1. The second-order valence-corrected chi connectivity index (χ2v) is 7.94. The van der Waals surface area contributed by atoms with Crippen LogP contribution in [0.25, 0.3) is 0 Å². The summed E-state index contributed by atoms with van der Waals surface area (Å²) in [5.41, 5.74) is 4.61. The summed E-state index contributed by atoms with van der Waals surface area (Å²) in [5, 5.41) is 3.12. The molecule has 146 valence electrons. The third kappa shape index (κ3) is 5.35. The minimum atomic E-state index is -0.514. The zero-order valence-corrected chi connectivity index (χ0v) is 17.6. The Hall–Kier alpha value is -2.29. The van der Waals surface area contributed by atoms with Crippen molar-refractivity contribution < 1.29 is 9.53 Å². The number of benzene rings is 2. The molecule has 3 nitrogen and oxygen atoms in total. The fraction of sp³-hybridized carbons (Fsp3) is 0.458. The average molecular weight is 368 g/mol. The summed E-state index contributed by atoms with van der Waals surface area (Å²) in [4.78, 5) is 12.9. The van der Waals surface area contributed by atoms with Gasteiger partial charge in [-0.05, 0) is 53.5 Å². The van der Waals surface area contributed by atoms with E-state index in [1.54, 1.807) is 0 Å². The zero-order chi connectivity index (χ0) is 20.0. The molecule has 0 aliphatic carbocycles. The fourth-order valence-electron chi connectivity index (χ4n) is 3.13. The Balaban J connectivity index is 2.15. The van der Waals surface area contributed by atoms with E-state index in [0.717, 1.165) is 35.4 Å². The molecule has 0 fully saturated rings. The van der Waals surface area contributed by atoms with E-state index >= 15 is 0 Å².